The summed E-state index contributed by atoms with van der Waals surface area (Å²) in [7, 11) is 1.80. The number of nitrogens with zero attached hydrogens (tertiary/aromatic N) is 3. The number of benzene rings is 2. The quantitative estimate of drug-likeness (QED) is 0.471. The van der Waals surface area contributed by atoms with E-state index in [4.69, 9.17) is 4.98 Å². The second kappa shape index (κ2) is 7.32. The van der Waals surface area contributed by atoms with Gasteiger partial charge in [0.2, 0.25) is 0 Å². The molecule has 0 saturated heterocycles. The molecular weight excluding hydrogens is 366 g/mol. The van der Waals surface area contributed by atoms with E-state index in [1.165, 1.54) is 5.56 Å². The van der Waals surface area contributed by atoms with Crippen LogP contribution in [0.3, 0.4) is 0 Å². The molecule has 4 aromatic rings. The number of fused-ring (bicyclic) bond motifs is 1. The molecule has 0 amide bonds. The Hall–Kier alpha value is -2.79. The molecule has 2 heterocycles. The second-order valence-electron chi connectivity index (χ2n) is 7.10. The highest BCUT2D eigenvalue weighted by atomic mass is 32.2. The van der Waals surface area contributed by atoms with E-state index in [0.717, 1.165) is 45.0 Å². The van der Waals surface area contributed by atoms with Crippen LogP contribution in [0.2, 0.25) is 0 Å². The molecule has 2 aromatic heterocycles. The normalized spacial score (nSPS) is 11.3. The zero-order chi connectivity index (χ0) is 19.8. The molecule has 0 atom stereocenters. The lowest BCUT2D eigenvalue weighted by molar-refractivity contribution is 0.786. The summed E-state index contributed by atoms with van der Waals surface area (Å²) in [5.41, 5.74) is 6.34. The van der Waals surface area contributed by atoms with Gasteiger partial charge in [-0.3, -0.25) is 4.79 Å². The van der Waals surface area contributed by atoms with Crippen molar-refractivity contribution in [2.45, 2.75) is 25.3 Å². The van der Waals surface area contributed by atoms with Crippen molar-refractivity contribution < 1.29 is 0 Å². The molecule has 0 spiro atoms. The standard InChI is InChI=1S/C23H23N3OS/c1-15-10-19(14-25(3)23(15)27)18-11-20-22(21(12-18)28-4)24-16(2)26(20)13-17-8-6-5-7-9-17/h5-12,14H,13H2,1-4H3. The van der Waals surface area contributed by atoms with E-state index >= 15 is 0 Å². The highest BCUT2D eigenvalue weighted by Crippen LogP contribution is 2.33. The molecule has 4 rings (SSSR count). The molecule has 0 N–H and O–H groups in total. The van der Waals surface area contributed by atoms with Crippen LogP contribution >= 0.6 is 11.8 Å². The molecule has 5 heteroatoms. The summed E-state index contributed by atoms with van der Waals surface area (Å²) in [5, 5.41) is 0. The first-order chi connectivity index (χ1) is 13.5. The third-order valence-corrected chi connectivity index (χ3v) is 5.86. The minimum absolute atomic E-state index is 0.0416. The number of hydrogen-bond donors (Lipinski definition) is 0. The Morgan fingerprint density at radius 2 is 1.79 bits per heavy atom. The summed E-state index contributed by atoms with van der Waals surface area (Å²) in [6.07, 6.45) is 3.99. The van der Waals surface area contributed by atoms with E-state index in [9.17, 15) is 4.79 Å². The van der Waals surface area contributed by atoms with Gasteiger partial charge in [-0.05, 0) is 55.0 Å². The molecule has 0 unspecified atom stereocenters. The summed E-state index contributed by atoms with van der Waals surface area (Å²) in [5.74, 6) is 1.00. The van der Waals surface area contributed by atoms with Crippen LogP contribution in [0.5, 0.6) is 0 Å². The Kier molecular flexibility index (Phi) is 4.85. The van der Waals surface area contributed by atoms with Crippen molar-refractivity contribution in [3.05, 3.63) is 82.0 Å². The van der Waals surface area contributed by atoms with E-state index in [1.807, 2.05) is 25.3 Å². The van der Waals surface area contributed by atoms with Gasteiger partial charge in [0.25, 0.3) is 5.56 Å². The molecule has 0 bridgehead atoms. The van der Waals surface area contributed by atoms with Crippen molar-refractivity contribution in [1.29, 1.82) is 0 Å². The van der Waals surface area contributed by atoms with Gasteiger partial charge in [-0.1, -0.05) is 30.3 Å². The zero-order valence-corrected chi connectivity index (χ0v) is 17.4. The topological polar surface area (TPSA) is 39.8 Å². The molecule has 2 aromatic carbocycles. The molecule has 0 saturated carbocycles. The third-order valence-electron chi connectivity index (χ3n) is 5.11. The van der Waals surface area contributed by atoms with Gasteiger partial charge in [0, 0.05) is 30.2 Å². The van der Waals surface area contributed by atoms with Crippen molar-refractivity contribution in [1.82, 2.24) is 14.1 Å². The maximum Gasteiger partial charge on any atom is 0.253 e. The van der Waals surface area contributed by atoms with Gasteiger partial charge in [0.05, 0.1) is 5.52 Å². The number of pyridine rings is 1. The van der Waals surface area contributed by atoms with Crippen LogP contribution in [-0.4, -0.2) is 20.4 Å². The van der Waals surface area contributed by atoms with Gasteiger partial charge in [-0.25, -0.2) is 4.98 Å². The van der Waals surface area contributed by atoms with Crippen molar-refractivity contribution in [2.24, 2.45) is 7.05 Å². The summed E-state index contributed by atoms with van der Waals surface area (Å²) in [4.78, 5) is 18.1. The molecule has 28 heavy (non-hydrogen) atoms. The number of imidazole rings is 1. The Labute approximate surface area is 168 Å². The zero-order valence-electron chi connectivity index (χ0n) is 16.6. The van der Waals surface area contributed by atoms with Crippen LogP contribution in [0, 0.1) is 13.8 Å². The second-order valence-corrected chi connectivity index (χ2v) is 7.95. The van der Waals surface area contributed by atoms with Crippen molar-refractivity contribution in [2.75, 3.05) is 6.26 Å². The number of rotatable bonds is 4. The first kappa shape index (κ1) is 18.6. The fraction of sp³-hybridized carbons (Fsp3) is 0.217. The van der Waals surface area contributed by atoms with Crippen LogP contribution in [0.15, 0.2) is 64.4 Å². The highest BCUT2D eigenvalue weighted by Gasteiger charge is 2.14. The Balaban J connectivity index is 1.92. The van der Waals surface area contributed by atoms with E-state index in [1.54, 1.807) is 23.4 Å². The lowest BCUT2D eigenvalue weighted by Gasteiger charge is -2.11. The monoisotopic (exact) mass is 389 g/mol. The van der Waals surface area contributed by atoms with Crippen molar-refractivity contribution in [3.8, 4) is 11.1 Å². The highest BCUT2D eigenvalue weighted by molar-refractivity contribution is 7.98. The molecule has 142 valence electrons. The van der Waals surface area contributed by atoms with Gasteiger partial charge in [0.15, 0.2) is 0 Å². The first-order valence-electron chi connectivity index (χ1n) is 9.24. The Bertz CT molecular complexity index is 1200. The minimum atomic E-state index is 0.0416. The minimum Gasteiger partial charge on any atom is -0.324 e. The smallest absolute Gasteiger partial charge is 0.253 e. The lowest BCUT2D eigenvalue weighted by Crippen LogP contribution is -2.18. The molecule has 0 radical (unpaired) electrons. The predicted molar refractivity (Wildman–Crippen MR) is 117 cm³/mol. The summed E-state index contributed by atoms with van der Waals surface area (Å²) in [6, 6.07) is 16.8. The van der Waals surface area contributed by atoms with Crippen LogP contribution in [0.4, 0.5) is 0 Å². The molecular formula is C23H23N3OS. The van der Waals surface area contributed by atoms with E-state index < -0.39 is 0 Å². The third kappa shape index (κ3) is 3.27. The van der Waals surface area contributed by atoms with Crippen LogP contribution in [-0.2, 0) is 13.6 Å². The van der Waals surface area contributed by atoms with Crippen molar-refractivity contribution in [3.63, 3.8) is 0 Å². The van der Waals surface area contributed by atoms with Gasteiger partial charge in [-0.15, -0.1) is 11.8 Å². The fourth-order valence-corrected chi connectivity index (χ4v) is 4.22. The fourth-order valence-electron chi connectivity index (χ4n) is 3.63. The van der Waals surface area contributed by atoms with Gasteiger partial charge in [-0.2, -0.15) is 0 Å². The largest absolute Gasteiger partial charge is 0.324 e. The van der Waals surface area contributed by atoms with E-state index in [0.29, 0.717) is 0 Å². The average molecular weight is 390 g/mol. The summed E-state index contributed by atoms with van der Waals surface area (Å²) in [6.45, 7) is 4.71. The maximum absolute atomic E-state index is 12.1. The van der Waals surface area contributed by atoms with Gasteiger partial charge in [0.1, 0.15) is 11.3 Å². The number of aromatic nitrogens is 3. The number of thioether (sulfide) groups is 1. The van der Waals surface area contributed by atoms with E-state index in [2.05, 4.69) is 54.1 Å². The Morgan fingerprint density at radius 3 is 2.46 bits per heavy atom. The molecule has 0 aliphatic carbocycles. The summed E-state index contributed by atoms with van der Waals surface area (Å²) >= 11 is 1.70. The number of aryl methyl sites for hydroxylation is 3. The van der Waals surface area contributed by atoms with Crippen LogP contribution < -0.4 is 5.56 Å². The molecule has 0 aliphatic rings. The average Bonchev–Trinajstić information content (AvgIpc) is 3.01. The van der Waals surface area contributed by atoms with E-state index in [-0.39, 0.29) is 5.56 Å². The van der Waals surface area contributed by atoms with Gasteiger partial charge >= 0.3 is 0 Å². The maximum atomic E-state index is 12.1. The first-order valence-corrected chi connectivity index (χ1v) is 10.5. The lowest BCUT2D eigenvalue weighted by atomic mass is 10.1. The Morgan fingerprint density at radius 1 is 1.04 bits per heavy atom. The molecule has 0 aliphatic heterocycles. The molecule has 0 fully saturated rings. The van der Waals surface area contributed by atoms with Crippen LogP contribution in [0.1, 0.15) is 17.0 Å². The summed E-state index contributed by atoms with van der Waals surface area (Å²) < 4.78 is 3.92. The van der Waals surface area contributed by atoms with Gasteiger partial charge < -0.3 is 9.13 Å². The predicted octanol–water partition coefficient (Wildman–Crippen LogP) is 4.79. The van der Waals surface area contributed by atoms with Crippen molar-refractivity contribution >= 4 is 22.8 Å². The number of hydrogen-bond acceptors (Lipinski definition) is 3. The SMILES string of the molecule is CSc1cc(-c2cc(C)c(=O)n(C)c2)cc2c1nc(C)n2Cc1ccccc1. The van der Waals surface area contributed by atoms with Crippen LogP contribution in [0.25, 0.3) is 22.2 Å². The molecule has 4 nitrogen and oxygen atoms in total.